The van der Waals surface area contributed by atoms with Crippen molar-refractivity contribution in [1.82, 2.24) is 9.88 Å². The van der Waals surface area contributed by atoms with Crippen molar-refractivity contribution in [2.45, 2.75) is 26.4 Å². The fourth-order valence-corrected chi connectivity index (χ4v) is 3.75. The molecular weight excluding hydrogens is 376 g/mol. The third-order valence-corrected chi connectivity index (χ3v) is 5.54. The predicted octanol–water partition coefficient (Wildman–Crippen LogP) is 4.32. The van der Waals surface area contributed by atoms with Crippen LogP contribution in [0, 0.1) is 13.8 Å². The number of ketones is 1. The number of aliphatic hydroxyl groups excluding tert-OH is 1. The highest BCUT2D eigenvalue weighted by Gasteiger charge is 2.46. The Morgan fingerprint density at radius 2 is 1.67 bits per heavy atom. The lowest BCUT2D eigenvalue weighted by molar-refractivity contribution is -0.140. The molecule has 0 aliphatic carbocycles. The summed E-state index contributed by atoms with van der Waals surface area (Å²) in [7, 11) is 0. The first-order chi connectivity index (χ1) is 14.5. The quantitative estimate of drug-likeness (QED) is 0.404. The lowest BCUT2D eigenvalue weighted by atomic mass is 9.94. The fourth-order valence-electron chi connectivity index (χ4n) is 3.75. The lowest BCUT2D eigenvalue weighted by Gasteiger charge is -2.25. The Morgan fingerprint density at radius 3 is 2.33 bits per heavy atom. The molecule has 0 spiro atoms. The second-order valence-corrected chi connectivity index (χ2v) is 7.49. The van der Waals surface area contributed by atoms with Crippen molar-refractivity contribution < 1.29 is 14.7 Å². The van der Waals surface area contributed by atoms with Crippen LogP contribution in [0.3, 0.4) is 0 Å². The maximum Gasteiger partial charge on any atom is 0.295 e. The average Bonchev–Trinajstić information content (AvgIpc) is 3.01. The normalized spacial score (nSPS) is 18.1. The number of pyridine rings is 1. The van der Waals surface area contributed by atoms with E-state index >= 15 is 0 Å². The molecule has 5 nitrogen and oxygen atoms in total. The Balaban J connectivity index is 1.86. The summed E-state index contributed by atoms with van der Waals surface area (Å²) in [6, 6.07) is 17.8. The number of hydrogen-bond acceptors (Lipinski definition) is 4. The zero-order chi connectivity index (χ0) is 21.3. The smallest absolute Gasteiger partial charge is 0.295 e. The molecule has 0 saturated carbocycles. The van der Waals surface area contributed by atoms with E-state index in [4.69, 9.17) is 0 Å². The molecule has 1 atom stereocenters. The van der Waals surface area contributed by atoms with Crippen molar-refractivity contribution in [1.29, 1.82) is 0 Å². The van der Waals surface area contributed by atoms with Crippen molar-refractivity contribution in [3.8, 4) is 0 Å². The van der Waals surface area contributed by atoms with Gasteiger partial charge in [-0.15, -0.1) is 0 Å². The summed E-state index contributed by atoms with van der Waals surface area (Å²) in [4.78, 5) is 31.5. The van der Waals surface area contributed by atoms with E-state index in [-0.39, 0.29) is 17.9 Å². The van der Waals surface area contributed by atoms with Crippen LogP contribution >= 0.6 is 0 Å². The van der Waals surface area contributed by atoms with Crippen molar-refractivity contribution in [3.63, 3.8) is 0 Å². The number of hydrogen-bond donors (Lipinski definition) is 1. The maximum atomic E-state index is 13.0. The van der Waals surface area contributed by atoms with E-state index < -0.39 is 17.7 Å². The van der Waals surface area contributed by atoms with Crippen molar-refractivity contribution >= 4 is 17.4 Å². The van der Waals surface area contributed by atoms with Crippen LogP contribution in [0.2, 0.25) is 0 Å². The molecule has 4 rings (SSSR count). The molecular formula is C25H22N2O3. The highest BCUT2D eigenvalue weighted by Crippen LogP contribution is 2.40. The number of carbonyl (C=O) groups excluding carboxylic acids is 2. The van der Waals surface area contributed by atoms with Crippen LogP contribution in [0.25, 0.3) is 5.76 Å². The number of amides is 1. The Labute approximate surface area is 175 Å². The van der Waals surface area contributed by atoms with Gasteiger partial charge in [-0.05, 0) is 54.3 Å². The van der Waals surface area contributed by atoms with E-state index in [0.29, 0.717) is 5.56 Å². The first-order valence-electron chi connectivity index (χ1n) is 9.77. The van der Waals surface area contributed by atoms with Gasteiger partial charge in [0.2, 0.25) is 0 Å². The number of nitrogens with zero attached hydrogens (tertiary/aromatic N) is 2. The van der Waals surface area contributed by atoms with Gasteiger partial charge in [0.15, 0.2) is 0 Å². The number of aromatic nitrogens is 1. The first-order valence-corrected chi connectivity index (χ1v) is 9.77. The van der Waals surface area contributed by atoms with E-state index in [1.807, 2.05) is 68.4 Å². The Bertz CT molecular complexity index is 1140. The van der Waals surface area contributed by atoms with Crippen LogP contribution in [0.4, 0.5) is 0 Å². The summed E-state index contributed by atoms with van der Waals surface area (Å²) in [5.41, 5.74) is 4.37. The van der Waals surface area contributed by atoms with Gasteiger partial charge in [0, 0.05) is 24.5 Å². The summed E-state index contributed by atoms with van der Waals surface area (Å²) in [5, 5.41) is 11.1. The van der Waals surface area contributed by atoms with Crippen molar-refractivity contribution in [2.24, 2.45) is 0 Å². The lowest BCUT2D eigenvalue weighted by Crippen LogP contribution is -2.29. The maximum absolute atomic E-state index is 13.0. The van der Waals surface area contributed by atoms with Crippen LogP contribution in [0.5, 0.6) is 0 Å². The molecule has 1 aliphatic rings. The highest BCUT2D eigenvalue weighted by molar-refractivity contribution is 6.46. The van der Waals surface area contributed by atoms with E-state index in [0.717, 1.165) is 22.3 Å². The molecule has 0 radical (unpaired) electrons. The van der Waals surface area contributed by atoms with Gasteiger partial charge in [-0.1, -0.05) is 42.5 Å². The molecule has 1 fully saturated rings. The highest BCUT2D eigenvalue weighted by atomic mass is 16.3. The van der Waals surface area contributed by atoms with Gasteiger partial charge in [-0.25, -0.2) is 0 Å². The molecule has 30 heavy (non-hydrogen) atoms. The van der Waals surface area contributed by atoms with Gasteiger partial charge < -0.3 is 10.0 Å². The van der Waals surface area contributed by atoms with E-state index in [1.165, 1.54) is 4.90 Å². The van der Waals surface area contributed by atoms with Crippen LogP contribution in [-0.2, 0) is 16.1 Å². The number of rotatable bonds is 4. The second kappa shape index (κ2) is 7.95. The molecule has 150 valence electrons. The summed E-state index contributed by atoms with van der Waals surface area (Å²) < 4.78 is 0. The largest absolute Gasteiger partial charge is 0.507 e. The molecule has 1 amide bonds. The van der Waals surface area contributed by atoms with Crippen LogP contribution in [0.1, 0.15) is 33.9 Å². The minimum atomic E-state index is -0.673. The van der Waals surface area contributed by atoms with Crippen LogP contribution in [-0.4, -0.2) is 26.7 Å². The minimum absolute atomic E-state index is 0.114. The fraction of sp³-hybridized carbons (Fsp3) is 0.160. The second-order valence-electron chi connectivity index (χ2n) is 7.49. The first kappa shape index (κ1) is 19.6. The summed E-state index contributed by atoms with van der Waals surface area (Å²) in [6.07, 6.45) is 3.30. The van der Waals surface area contributed by atoms with Gasteiger partial charge in [-0.2, -0.15) is 0 Å². The van der Waals surface area contributed by atoms with Gasteiger partial charge in [-0.3, -0.25) is 14.6 Å². The van der Waals surface area contributed by atoms with E-state index in [9.17, 15) is 14.7 Å². The molecule has 2 heterocycles. The molecule has 5 heteroatoms. The van der Waals surface area contributed by atoms with Crippen LogP contribution < -0.4 is 0 Å². The molecule has 3 aromatic rings. The molecule has 0 bridgehead atoms. The van der Waals surface area contributed by atoms with Crippen molar-refractivity contribution in [2.75, 3.05) is 0 Å². The van der Waals surface area contributed by atoms with Gasteiger partial charge in [0.05, 0.1) is 11.6 Å². The zero-order valence-corrected chi connectivity index (χ0v) is 16.9. The van der Waals surface area contributed by atoms with Crippen LogP contribution in [0.15, 0.2) is 78.6 Å². The van der Waals surface area contributed by atoms with E-state index in [2.05, 4.69) is 4.98 Å². The number of aryl methyl sites for hydroxylation is 2. The number of carbonyl (C=O) groups is 2. The Kier molecular flexibility index (Phi) is 5.19. The van der Waals surface area contributed by atoms with Gasteiger partial charge >= 0.3 is 0 Å². The van der Waals surface area contributed by atoms with E-state index in [1.54, 1.807) is 18.5 Å². The van der Waals surface area contributed by atoms with Crippen molar-refractivity contribution in [3.05, 3.63) is 106 Å². The number of likely N-dealkylation sites (tertiary alicyclic amines) is 1. The summed E-state index contributed by atoms with van der Waals surface area (Å²) in [6.45, 7) is 4.18. The standard InChI is InChI=1S/C25H22N2O3/c1-16-8-9-20(14-17(16)2)23(28)21-22(19-6-4-3-5-7-19)27(25(30)24(21)29)15-18-10-12-26-13-11-18/h3-14,22,28H,15H2,1-2H3/b23-21-. The Hall–Kier alpha value is -3.73. The molecule has 1 N–H and O–H groups in total. The van der Waals surface area contributed by atoms with Gasteiger partial charge in [0.25, 0.3) is 11.7 Å². The monoisotopic (exact) mass is 398 g/mol. The van der Waals surface area contributed by atoms with Gasteiger partial charge in [0.1, 0.15) is 5.76 Å². The molecule has 1 saturated heterocycles. The molecule has 1 unspecified atom stereocenters. The third-order valence-electron chi connectivity index (χ3n) is 5.54. The Morgan fingerprint density at radius 1 is 0.967 bits per heavy atom. The molecule has 1 aromatic heterocycles. The number of benzene rings is 2. The predicted molar refractivity (Wildman–Crippen MR) is 114 cm³/mol. The average molecular weight is 398 g/mol. The molecule has 2 aromatic carbocycles. The molecule has 1 aliphatic heterocycles. The third kappa shape index (κ3) is 3.50. The number of Topliss-reactive ketones (excluding diaryl/α,β-unsaturated/α-hetero) is 1. The zero-order valence-electron chi connectivity index (χ0n) is 16.9. The summed E-state index contributed by atoms with van der Waals surface area (Å²) >= 11 is 0. The topological polar surface area (TPSA) is 70.5 Å². The SMILES string of the molecule is Cc1ccc(/C(O)=C2/C(=O)C(=O)N(Cc3ccncc3)C2c2ccccc2)cc1C. The summed E-state index contributed by atoms with van der Waals surface area (Å²) in [5.74, 6) is -1.44. The number of aliphatic hydroxyl groups is 1. The minimum Gasteiger partial charge on any atom is -0.507 e.